The highest BCUT2D eigenvalue weighted by Crippen LogP contribution is 2.04. The first kappa shape index (κ1) is 11.3. The van der Waals surface area contributed by atoms with E-state index in [2.05, 4.69) is 5.92 Å². The molecule has 0 fully saturated rings. The van der Waals surface area contributed by atoms with E-state index in [9.17, 15) is 4.79 Å². The maximum atomic E-state index is 11.5. The van der Waals surface area contributed by atoms with Crippen molar-refractivity contribution in [3.63, 3.8) is 0 Å². The van der Waals surface area contributed by atoms with Crippen LogP contribution in [0, 0.1) is 12.3 Å². The first-order valence-electron chi connectivity index (χ1n) is 4.95. The van der Waals surface area contributed by atoms with E-state index < -0.39 is 0 Å². The lowest BCUT2D eigenvalue weighted by Gasteiger charge is -2.16. The number of amides is 1. The van der Waals surface area contributed by atoms with Gasteiger partial charge in [0.1, 0.15) is 0 Å². The molecule has 0 heterocycles. The minimum Gasteiger partial charge on any atom is -0.341 e. The zero-order valence-corrected chi connectivity index (χ0v) is 8.94. The van der Waals surface area contributed by atoms with Crippen molar-refractivity contribution < 1.29 is 4.79 Å². The van der Waals surface area contributed by atoms with E-state index >= 15 is 0 Å². The fraction of sp³-hybridized carbons (Fsp3) is 0.308. The molecule has 0 atom stereocenters. The summed E-state index contributed by atoms with van der Waals surface area (Å²) in [6.45, 7) is 0.643. The standard InChI is InChI=1S/C13H15NO/c1-3-4-10-13(15)14(2)11-12-8-6-5-7-9-12/h1,5-9H,4,10-11H2,2H3. The van der Waals surface area contributed by atoms with Crippen LogP contribution in [0.5, 0.6) is 0 Å². The fourth-order valence-corrected chi connectivity index (χ4v) is 1.32. The van der Waals surface area contributed by atoms with Gasteiger partial charge >= 0.3 is 0 Å². The van der Waals surface area contributed by atoms with Crippen molar-refractivity contribution in [1.82, 2.24) is 4.90 Å². The minimum atomic E-state index is 0.0943. The number of hydrogen-bond acceptors (Lipinski definition) is 1. The molecule has 0 aliphatic heterocycles. The summed E-state index contributed by atoms with van der Waals surface area (Å²) in [4.78, 5) is 13.2. The van der Waals surface area contributed by atoms with Gasteiger partial charge in [0.2, 0.25) is 5.91 Å². The number of rotatable bonds is 4. The largest absolute Gasteiger partial charge is 0.341 e. The number of benzene rings is 1. The van der Waals surface area contributed by atoms with Crippen molar-refractivity contribution >= 4 is 5.91 Å². The van der Waals surface area contributed by atoms with Gasteiger partial charge in [-0.3, -0.25) is 4.79 Å². The van der Waals surface area contributed by atoms with Gasteiger partial charge in [0.15, 0.2) is 0 Å². The van der Waals surface area contributed by atoms with Gasteiger partial charge in [0.05, 0.1) is 0 Å². The summed E-state index contributed by atoms with van der Waals surface area (Å²) in [5.74, 6) is 2.56. The van der Waals surface area contributed by atoms with E-state index in [0.29, 0.717) is 19.4 Å². The predicted molar refractivity (Wildman–Crippen MR) is 61.0 cm³/mol. The van der Waals surface area contributed by atoms with Crippen molar-refractivity contribution in [3.8, 4) is 12.3 Å². The molecule has 1 aromatic carbocycles. The molecular weight excluding hydrogens is 186 g/mol. The van der Waals surface area contributed by atoms with Crippen LogP contribution in [-0.2, 0) is 11.3 Å². The predicted octanol–water partition coefficient (Wildman–Crippen LogP) is 2.06. The average molecular weight is 201 g/mol. The quantitative estimate of drug-likeness (QED) is 0.683. The lowest BCUT2D eigenvalue weighted by Crippen LogP contribution is -2.25. The Hall–Kier alpha value is -1.75. The van der Waals surface area contributed by atoms with Crippen LogP contribution >= 0.6 is 0 Å². The second-order valence-corrected chi connectivity index (χ2v) is 3.44. The highest BCUT2D eigenvalue weighted by atomic mass is 16.2. The van der Waals surface area contributed by atoms with E-state index in [4.69, 9.17) is 6.42 Å². The third-order valence-electron chi connectivity index (χ3n) is 2.17. The van der Waals surface area contributed by atoms with Gasteiger partial charge in [0, 0.05) is 26.4 Å². The lowest BCUT2D eigenvalue weighted by molar-refractivity contribution is -0.130. The number of terminal acetylenes is 1. The average Bonchev–Trinajstić information content (AvgIpc) is 2.27. The Balaban J connectivity index is 2.46. The van der Waals surface area contributed by atoms with Crippen LogP contribution in [0.25, 0.3) is 0 Å². The summed E-state index contributed by atoms with van der Waals surface area (Å²) in [5.41, 5.74) is 1.13. The lowest BCUT2D eigenvalue weighted by atomic mass is 10.2. The molecule has 1 amide bonds. The fourth-order valence-electron chi connectivity index (χ4n) is 1.32. The Bertz CT molecular complexity index is 351. The molecule has 1 rings (SSSR count). The van der Waals surface area contributed by atoms with Crippen molar-refractivity contribution in [3.05, 3.63) is 35.9 Å². The van der Waals surface area contributed by atoms with Gasteiger partial charge in [0.25, 0.3) is 0 Å². The van der Waals surface area contributed by atoms with Crippen LogP contribution < -0.4 is 0 Å². The summed E-state index contributed by atoms with van der Waals surface area (Å²) < 4.78 is 0. The van der Waals surface area contributed by atoms with Gasteiger partial charge in [-0.05, 0) is 5.56 Å². The maximum absolute atomic E-state index is 11.5. The second kappa shape index (κ2) is 5.87. The van der Waals surface area contributed by atoms with Crippen molar-refractivity contribution in [2.24, 2.45) is 0 Å². The van der Waals surface area contributed by atoms with Crippen molar-refractivity contribution in [2.45, 2.75) is 19.4 Å². The molecule has 0 aliphatic carbocycles. The molecular formula is C13H15NO. The Morgan fingerprint density at radius 3 is 2.67 bits per heavy atom. The van der Waals surface area contributed by atoms with E-state index in [-0.39, 0.29) is 5.91 Å². The molecule has 2 nitrogen and oxygen atoms in total. The van der Waals surface area contributed by atoms with Gasteiger partial charge in [-0.25, -0.2) is 0 Å². The van der Waals surface area contributed by atoms with E-state index in [0.717, 1.165) is 5.56 Å². The monoisotopic (exact) mass is 201 g/mol. The van der Waals surface area contributed by atoms with Gasteiger partial charge < -0.3 is 4.90 Å². The second-order valence-electron chi connectivity index (χ2n) is 3.44. The highest BCUT2D eigenvalue weighted by Gasteiger charge is 2.07. The maximum Gasteiger partial charge on any atom is 0.223 e. The van der Waals surface area contributed by atoms with Gasteiger partial charge in [-0.2, -0.15) is 0 Å². The van der Waals surface area contributed by atoms with Crippen LogP contribution in [0.1, 0.15) is 18.4 Å². The SMILES string of the molecule is C#CCCC(=O)N(C)Cc1ccccc1. The molecule has 1 aromatic rings. The molecule has 0 aliphatic rings. The van der Waals surface area contributed by atoms with Crippen LogP contribution in [0.3, 0.4) is 0 Å². The zero-order valence-electron chi connectivity index (χ0n) is 8.94. The van der Waals surface area contributed by atoms with Gasteiger partial charge in [-0.1, -0.05) is 30.3 Å². The van der Waals surface area contributed by atoms with Crippen LogP contribution in [0.2, 0.25) is 0 Å². The molecule has 0 unspecified atom stereocenters. The molecule has 15 heavy (non-hydrogen) atoms. The summed E-state index contributed by atoms with van der Waals surface area (Å²) in [6.07, 6.45) is 6.05. The number of nitrogens with zero attached hydrogens (tertiary/aromatic N) is 1. The number of carbonyl (C=O) groups is 1. The normalized spacial score (nSPS) is 9.33. The topological polar surface area (TPSA) is 20.3 Å². The summed E-state index contributed by atoms with van der Waals surface area (Å²) >= 11 is 0. The smallest absolute Gasteiger partial charge is 0.223 e. The molecule has 0 saturated heterocycles. The molecule has 0 saturated carbocycles. The molecule has 0 bridgehead atoms. The highest BCUT2D eigenvalue weighted by molar-refractivity contribution is 5.76. The van der Waals surface area contributed by atoms with E-state index in [1.165, 1.54) is 0 Å². The first-order valence-corrected chi connectivity index (χ1v) is 4.95. The summed E-state index contributed by atoms with van der Waals surface area (Å²) in [5, 5.41) is 0. The third kappa shape index (κ3) is 3.86. The molecule has 2 heteroatoms. The van der Waals surface area contributed by atoms with E-state index in [1.807, 2.05) is 30.3 Å². The zero-order chi connectivity index (χ0) is 11.1. The van der Waals surface area contributed by atoms with Crippen molar-refractivity contribution in [1.29, 1.82) is 0 Å². The van der Waals surface area contributed by atoms with Crippen molar-refractivity contribution in [2.75, 3.05) is 7.05 Å². The molecule has 78 valence electrons. The Kier molecular flexibility index (Phi) is 4.43. The van der Waals surface area contributed by atoms with E-state index in [1.54, 1.807) is 11.9 Å². The Morgan fingerprint density at radius 1 is 1.40 bits per heavy atom. The minimum absolute atomic E-state index is 0.0943. The molecule has 0 spiro atoms. The first-order chi connectivity index (χ1) is 7.24. The van der Waals surface area contributed by atoms with Gasteiger partial charge in [-0.15, -0.1) is 12.3 Å². The molecule has 0 N–H and O–H groups in total. The Morgan fingerprint density at radius 2 is 2.07 bits per heavy atom. The molecule has 0 aromatic heterocycles. The molecule has 0 radical (unpaired) electrons. The summed E-state index contributed by atoms with van der Waals surface area (Å²) in [7, 11) is 1.80. The van der Waals surface area contributed by atoms with Crippen LogP contribution in [0.4, 0.5) is 0 Å². The Labute approximate surface area is 90.9 Å². The van der Waals surface area contributed by atoms with Crippen LogP contribution in [-0.4, -0.2) is 17.9 Å². The van der Waals surface area contributed by atoms with Crippen LogP contribution in [0.15, 0.2) is 30.3 Å². The summed E-state index contributed by atoms with van der Waals surface area (Å²) in [6, 6.07) is 9.91. The number of carbonyl (C=O) groups excluding carboxylic acids is 1. The number of hydrogen-bond donors (Lipinski definition) is 0. The third-order valence-corrected chi connectivity index (χ3v) is 2.17.